The van der Waals surface area contributed by atoms with Crippen LogP contribution in [0.1, 0.15) is 11.1 Å². The molecule has 0 amide bonds. The van der Waals surface area contributed by atoms with Crippen molar-refractivity contribution in [2.45, 2.75) is 22.7 Å². The van der Waals surface area contributed by atoms with E-state index in [-0.39, 0.29) is 10.8 Å². The van der Waals surface area contributed by atoms with E-state index in [9.17, 15) is 13.5 Å². The van der Waals surface area contributed by atoms with E-state index in [0.29, 0.717) is 17.2 Å². The van der Waals surface area contributed by atoms with Gasteiger partial charge in [0, 0.05) is 19.4 Å². The molecule has 4 nitrogen and oxygen atoms in total. The smallest absolute Gasteiger partial charge is 0.250 e. The second kappa shape index (κ2) is 5.37. The SMILES string of the molecule is O=S(=O)(NCC1(O)Cc2ccccc2C1)c1ccc(Cl)s1. The molecule has 0 radical (unpaired) electrons. The molecule has 112 valence electrons. The molecule has 7 heteroatoms. The summed E-state index contributed by atoms with van der Waals surface area (Å²) in [7, 11) is -3.63. The highest BCUT2D eigenvalue weighted by molar-refractivity contribution is 7.91. The van der Waals surface area contributed by atoms with Crippen LogP contribution in [-0.2, 0) is 22.9 Å². The molecule has 0 bridgehead atoms. The number of aliphatic hydroxyl groups is 1. The van der Waals surface area contributed by atoms with E-state index in [1.54, 1.807) is 6.07 Å². The number of rotatable bonds is 4. The molecule has 1 heterocycles. The maximum absolute atomic E-state index is 12.1. The topological polar surface area (TPSA) is 66.4 Å². The molecule has 1 aromatic heterocycles. The molecule has 0 unspecified atom stereocenters. The Balaban J connectivity index is 1.71. The molecule has 0 saturated carbocycles. The Labute approximate surface area is 132 Å². The zero-order valence-corrected chi connectivity index (χ0v) is 13.4. The highest BCUT2D eigenvalue weighted by Gasteiger charge is 2.36. The molecule has 1 aliphatic rings. The molecular weight excluding hydrogens is 330 g/mol. The van der Waals surface area contributed by atoms with E-state index in [2.05, 4.69) is 4.72 Å². The maximum Gasteiger partial charge on any atom is 0.250 e. The number of sulfonamides is 1. The Kier molecular flexibility index (Phi) is 3.83. The molecule has 2 aromatic rings. The lowest BCUT2D eigenvalue weighted by atomic mass is 10.0. The van der Waals surface area contributed by atoms with Gasteiger partial charge in [-0.25, -0.2) is 13.1 Å². The van der Waals surface area contributed by atoms with E-state index in [0.717, 1.165) is 22.5 Å². The Morgan fingerprint density at radius 3 is 2.33 bits per heavy atom. The van der Waals surface area contributed by atoms with E-state index in [1.807, 2.05) is 24.3 Å². The van der Waals surface area contributed by atoms with Gasteiger partial charge >= 0.3 is 0 Å². The number of thiophene rings is 1. The lowest BCUT2D eigenvalue weighted by molar-refractivity contribution is 0.0568. The Hall–Kier alpha value is -0.920. The molecular formula is C14H14ClNO3S2. The van der Waals surface area contributed by atoms with Crippen molar-refractivity contribution < 1.29 is 13.5 Å². The van der Waals surface area contributed by atoms with Gasteiger partial charge in [0.25, 0.3) is 0 Å². The highest BCUT2D eigenvalue weighted by Crippen LogP contribution is 2.30. The van der Waals surface area contributed by atoms with Gasteiger partial charge in [-0.3, -0.25) is 0 Å². The molecule has 0 aliphatic heterocycles. The summed E-state index contributed by atoms with van der Waals surface area (Å²) in [6, 6.07) is 10.8. The first-order valence-corrected chi connectivity index (χ1v) is 9.10. The monoisotopic (exact) mass is 343 g/mol. The number of fused-ring (bicyclic) bond motifs is 1. The first kappa shape index (κ1) is 15.0. The van der Waals surface area contributed by atoms with Crippen molar-refractivity contribution in [2.24, 2.45) is 0 Å². The predicted octanol–water partition coefficient (Wildman–Crippen LogP) is 2.21. The number of hydrogen-bond donors (Lipinski definition) is 2. The van der Waals surface area contributed by atoms with Crippen LogP contribution in [0.4, 0.5) is 0 Å². The predicted molar refractivity (Wildman–Crippen MR) is 83.3 cm³/mol. The van der Waals surface area contributed by atoms with Crippen molar-refractivity contribution in [1.82, 2.24) is 4.72 Å². The molecule has 0 spiro atoms. The largest absolute Gasteiger partial charge is 0.388 e. The van der Waals surface area contributed by atoms with E-state index < -0.39 is 15.6 Å². The summed E-state index contributed by atoms with van der Waals surface area (Å²) >= 11 is 6.76. The van der Waals surface area contributed by atoms with Crippen molar-refractivity contribution in [2.75, 3.05) is 6.54 Å². The summed E-state index contributed by atoms with van der Waals surface area (Å²) in [4.78, 5) is 0. The van der Waals surface area contributed by atoms with Gasteiger partial charge in [0.1, 0.15) is 4.21 Å². The van der Waals surface area contributed by atoms with Crippen molar-refractivity contribution in [3.63, 3.8) is 0 Å². The zero-order chi connectivity index (χ0) is 15.1. The third kappa shape index (κ3) is 3.14. The van der Waals surface area contributed by atoms with Crippen LogP contribution in [0, 0.1) is 0 Å². The minimum absolute atomic E-state index is 0.0144. The van der Waals surface area contributed by atoms with Gasteiger partial charge in [-0.1, -0.05) is 35.9 Å². The number of benzene rings is 1. The normalized spacial score (nSPS) is 16.9. The van der Waals surface area contributed by atoms with Crippen LogP contribution >= 0.6 is 22.9 Å². The number of halogens is 1. The second-order valence-electron chi connectivity index (χ2n) is 5.23. The second-order valence-corrected chi connectivity index (χ2v) is 8.94. The molecule has 0 fully saturated rings. The summed E-state index contributed by atoms with van der Waals surface area (Å²) in [5.74, 6) is 0. The molecule has 0 atom stereocenters. The molecule has 21 heavy (non-hydrogen) atoms. The van der Waals surface area contributed by atoms with E-state index in [4.69, 9.17) is 11.6 Å². The average molecular weight is 344 g/mol. The summed E-state index contributed by atoms with van der Waals surface area (Å²) in [5, 5.41) is 10.6. The summed E-state index contributed by atoms with van der Waals surface area (Å²) in [6.45, 7) is -0.0144. The number of hydrogen-bond acceptors (Lipinski definition) is 4. The van der Waals surface area contributed by atoms with Gasteiger partial charge in [-0.15, -0.1) is 11.3 Å². The fraction of sp³-hybridized carbons (Fsp3) is 0.286. The minimum atomic E-state index is -3.63. The minimum Gasteiger partial charge on any atom is -0.388 e. The van der Waals surface area contributed by atoms with Crippen LogP contribution in [0.3, 0.4) is 0 Å². The van der Waals surface area contributed by atoms with Crippen LogP contribution < -0.4 is 4.72 Å². The Morgan fingerprint density at radius 2 is 1.81 bits per heavy atom. The van der Waals surface area contributed by atoms with E-state index in [1.165, 1.54) is 6.07 Å². The molecule has 3 rings (SSSR count). The fourth-order valence-corrected chi connectivity index (χ4v) is 5.19. The highest BCUT2D eigenvalue weighted by atomic mass is 35.5. The van der Waals surface area contributed by atoms with Gasteiger partial charge in [-0.05, 0) is 23.3 Å². The van der Waals surface area contributed by atoms with Crippen LogP contribution in [0.15, 0.2) is 40.6 Å². The molecule has 1 aliphatic carbocycles. The lowest BCUT2D eigenvalue weighted by Crippen LogP contribution is -2.43. The van der Waals surface area contributed by atoms with Crippen molar-refractivity contribution in [3.8, 4) is 0 Å². The summed E-state index contributed by atoms with van der Waals surface area (Å²) < 4.78 is 27.4. The van der Waals surface area contributed by atoms with E-state index >= 15 is 0 Å². The third-order valence-electron chi connectivity index (χ3n) is 3.56. The van der Waals surface area contributed by atoms with Crippen LogP contribution in [-0.4, -0.2) is 25.7 Å². The third-order valence-corrected chi connectivity index (χ3v) is 6.69. The first-order valence-electron chi connectivity index (χ1n) is 6.42. The lowest BCUT2D eigenvalue weighted by Gasteiger charge is -2.22. The van der Waals surface area contributed by atoms with Crippen molar-refractivity contribution in [3.05, 3.63) is 51.9 Å². The molecule has 2 N–H and O–H groups in total. The Bertz CT molecular complexity index is 745. The average Bonchev–Trinajstić information content (AvgIpc) is 3.00. The first-order chi connectivity index (χ1) is 9.88. The van der Waals surface area contributed by atoms with Crippen molar-refractivity contribution in [1.29, 1.82) is 0 Å². The fourth-order valence-electron chi connectivity index (χ4n) is 2.54. The van der Waals surface area contributed by atoms with Gasteiger partial charge in [-0.2, -0.15) is 0 Å². The quantitative estimate of drug-likeness (QED) is 0.894. The number of nitrogens with one attached hydrogen (secondary N) is 1. The van der Waals surface area contributed by atoms with Crippen LogP contribution in [0.5, 0.6) is 0 Å². The summed E-state index contributed by atoms with van der Waals surface area (Å²) in [5.41, 5.74) is 1.06. The molecule has 0 saturated heterocycles. The van der Waals surface area contributed by atoms with Gasteiger partial charge in [0.2, 0.25) is 10.0 Å². The van der Waals surface area contributed by atoms with Gasteiger partial charge in [0.05, 0.1) is 9.94 Å². The Morgan fingerprint density at radius 1 is 1.19 bits per heavy atom. The van der Waals surface area contributed by atoms with Gasteiger partial charge < -0.3 is 5.11 Å². The van der Waals surface area contributed by atoms with Crippen molar-refractivity contribution >= 4 is 33.0 Å². The maximum atomic E-state index is 12.1. The van der Waals surface area contributed by atoms with Crippen LogP contribution in [0.2, 0.25) is 4.34 Å². The molecule has 1 aromatic carbocycles. The zero-order valence-electron chi connectivity index (χ0n) is 11.0. The summed E-state index contributed by atoms with van der Waals surface area (Å²) in [6.07, 6.45) is 0.910. The van der Waals surface area contributed by atoms with Gasteiger partial charge in [0.15, 0.2) is 0 Å². The standard InChI is InChI=1S/C14H14ClNO3S2/c15-12-5-6-13(20-12)21(18,19)16-9-14(17)7-10-3-1-2-4-11(10)8-14/h1-6,16-17H,7-9H2. The van der Waals surface area contributed by atoms with Crippen LogP contribution in [0.25, 0.3) is 0 Å².